The summed E-state index contributed by atoms with van der Waals surface area (Å²) in [6.07, 6.45) is 0. The van der Waals surface area contributed by atoms with E-state index < -0.39 is 0 Å². The Morgan fingerprint density at radius 3 is 2.45 bits per heavy atom. The zero-order valence-electron chi connectivity index (χ0n) is 11.9. The van der Waals surface area contributed by atoms with Gasteiger partial charge in [0.15, 0.2) is 0 Å². The quantitative estimate of drug-likeness (QED) is 0.920. The smallest absolute Gasteiger partial charge is 0.142 e. The fourth-order valence-corrected chi connectivity index (χ4v) is 2.43. The van der Waals surface area contributed by atoms with Gasteiger partial charge in [0.1, 0.15) is 5.75 Å². The van der Waals surface area contributed by atoms with E-state index in [9.17, 15) is 0 Å². The molecule has 0 saturated heterocycles. The average molecular weight is 291 g/mol. The molecule has 20 heavy (non-hydrogen) atoms. The van der Waals surface area contributed by atoms with Crippen LogP contribution in [-0.4, -0.2) is 14.2 Å². The molecule has 0 aromatic heterocycles. The van der Waals surface area contributed by atoms with Gasteiger partial charge in [-0.15, -0.1) is 0 Å². The molecule has 1 atom stereocenters. The van der Waals surface area contributed by atoms with Gasteiger partial charge in [-0.1, -0.05) is 29.8 Å². The van der Waals surface area contributed by atoms with Crippen molar-refractivity contribution in [2.45, 2.75) is 13.0 Å². The minimum absolute atomic E-state index is 0.0295. The van der Waals surface area contributed by atoms with Gasteiger partial charge >= 0.3 is 0 Å². The second-order valence-electron chi connectivity index (χ2n) is 4.73. The number of rotatable bonds is 4. The summed E-state index contributed by atoms with van der Waals surface area (Å²) in [6.45, 7) is 1.94. The Balaban J connectivity index is 2.40. The Morgan fingerprint density at radius 1 is 1.15 bits per heavy atom. The van der Waals surface area contributed by atoms with Crippen LogP contribution in [0.4, 0.5) is 11.4 Å². The molecule has 1 unspecified atom stereocenters. The van der Waals surface area contributed by atoms with Crippen LogP contribution in [-0.2, 0) is 0 Å². The van der Waals surface area contributed by atoms with Gasteiger partial charge in [-0.05, 0) is 36.8 Å². The molecule has 0 saturated carbocycles. The molecular formula is C16H19ClN2O. The van der Waals surface area contributed by atoms with Gasteiger partial charge in [-0.25, -0.2) is 0 Å². The van der Waals surface area contributed by atoms with Crippen molar-refractivity contribution in [1.29, 1.82) is 0 Å². The minimum Gasteiger partial charge on any atom is -0.495 e. The molecule has 3 nitrogen and oxygen atoms in total. The number of nitrogens with two attached hydrogens (primary N) is 1. The average Bonchev–Trinajstić information content (AvgIpc) is 2.46. The Kier molecular flexibility index (Phi) is 4.53. The van der Waals surface area contributed by atoms with E-state index in [1.165, 1.54) is 0 Å². The highest BCUT2D eigenvalue weighted by molar-refractivity contribution is 6.33. The fourth-order valence-electron chi connectivity index (χ4n) is 2.12. The number of anilines is 2. The number of nitrogens with zero attached hydrogens (tertiary/aromatic N) is 1. The number of ether oxygens (including phenoxy) is 1. The summed E-state index contributed by atoms with van der Waals surface area (Å²) in [7, 11) is 3.62. The first kappa shape index (κ1) is 14.7. The molecule has 0 amide bonds. The Labute approximate surface area is 124 Å². The van der Waals surface area contributed by atoms with Crippen LogP contribution in [0.2, 0.25) is 5.02 Å². The molecule has 0 spiro atoms. The van der Waals surface area contributed by atoms with Crippen molar-refractivity contribution in [3.8, 4) is 5.75 Å². The van der Waals surface area contributed by atoms with E-state index in [2.05, 4.69) is 0 Å². The van der Waals surface area contributed by atoms with Crippen molar-refractivity contribution in [2.75, 3.05) is 19.1 Å². The van der Waals surface area contributed by atoms with E-state index in [1.807, 2.05) is 61.3 Å². The van der Waals surface area contributed by atoms with Crippen LogP contribution in [0, 0.1) is 0 Å². The first-order valence-electron chi connectivity index (χ1n) is 6.46. The molecule has 2 N–H and O–H groups in total. The molecular weight excluding hydrogens is 272 g/mol. The summed E-state index contributed by atoms with van der Waals surface area (Å²) in [5, 5.41) is 0.674. The normalized spacial score (nSPS) is 12.1. The third-order valence-electron chi connectivity index (χ3n) is 3.31. The molecule has 0 bridgehead atoms. The lowest BCUT2D eigenvalue weighted by molar-refractivity contribution is 0.415. The molecule has 4 heteroatoms. The van der Waals surface area contributed by atoms with Gasteiger partial charge < -0.3 is 15.4 Å². The van der Waals surface area contributed by atoms with Crippen LogP contribution in [0.5, 0.6) is 5.75 Å². The summed E-state index contributed by atoms with van der Waals surface area (Å²) in [4.78, 5) is 2.01. The summed E-state index contributed by atoms with van der Waals surface area (Å²) < 4.78 is 5.39. The van der Waals surface area contributed by atoms with Crippen LogP contribution in [0.1, 0.15) is 18.5 Å². The van der Waals surface area contributed by atoms with Crippen molar-refractivity contribution in [3.05, 3.63) is 53.1 Å². The number of methoxy groups -OCH3 is 1. The SMILES string of the molecule is COc1ccccc1N(C)c1ccc(C(C)N)cc1Cl. The van der Waals surface area contributed by atoms with Gasteiger partial charge in [-0.3, -0.25) is 0 Å². The first-order valence-corrected chi connectivity index (χ1v) is 6.84. The van der Waals surface area contributed by atoms with Gasteiger partial charge in [0.2, 0.25) is 0 Å². The van der Waals surface area contributed by atoms with E-state index in [1.54, 1.807) is 7.11 Å². The van der Waals surface area contributed by atoms with Crippen LogP contribution >= 0.6 is 11.6 Å². The molecule has 0 radical (unpaired) electrons. The molecule has 0 aliphatic rings. The highest BCUT2D eigenvalue weighted by atomic mass is 35.5. The van der Waals surface area contributed by atoms with E-state index in [0.717, 1.165) is 22.7 Å². The molecule has 0 fully saturated rings. The maximum absolute atomic E-state index is 6.38. The summed E-state index contributed by atoms with van der Waals surface area (Å²) in [5.74, 6) is 0.808. The summed E-state index contributed by atoms with van der Waals surface area (Å²) >= 11 is 6.38. The number of halogens is 1. The molecule has 0 aliphatic heterocycles. The minimum atomic E-state index is -0.0295. The zero-order chi connectivity index (χ0) is 14.7. The third kappa shape index (κ3) is 2.89. The highest BCUT2D eigenvalue weighted by Gasteiger charge is 2.13. The lowest BCUT2D eigenvalue weighted by Crippen LogP contribution is -2.12. The van der Waals surface area contributed by atoms with Crippen LogP contribution in [0.15, 0.2) is 42.5 Å². The molecule has 2 rings (SSSR count). The number of para-hydroxylation sites is 2. The van der Waals surface area contributed by atoms with E-state index >= 15 is 0 Å². The molecule has 106 valence electrons. The molecule has 0 heterocycles. The molecule has 2 aromatic rings. The standard InChI is InChI=1S/C16H19ClN2O/c1-11(18)12-8-9-14(13(17)10-12)19(2)15-6-4-5-7-16(15)20-3/h4-11H,18H2,1-3H3. The van der Waals surface area contributed by atoms with Crippen LogP contribution in [0.25, 0.3) is 0 Å². The van der Waals surface area contributed by atoms with Crippen LogP contribution in [0.3, 0.4) is 0 Å². The largest absolute Gasteiger partial charge is 0.495 e. The second-order valence-corrected chi connectivity index (χ2v) is 5.14. The third-order valence-corrected chi connectivity index (χ3v) is 3.61. The lowest BCUT2D eigenvalue weighted by atomic mass is 10.1. The maximum Gasteiger partial charge on any atom is 0.142 e. The van der Waals surface area contributed by atoms with E-state index in [-0.39, 0.29) is 6.04 Å². The van der Waals surface area contributed by atoms with Gasteiger partial charge in [0.25, 0.3) is 0 Å². The predicted octanol–water partition coefficient (Wildman–Crippen LogP) is 4.14. The van der Waals surface area contributed by atoms with Gasteiger partial charge in [-0.2, -0.15) is 0 Å². The zero-order valence-corrected chi connectivity index (χ0v) is 12.7. The molecule has 0 aliphatic carbocycles. The Hall–Kier alpha value is -1.71. The monoisotopic (exact) mass is 290 g/mol. The summed E-state index contributed by atoms with van der Waals surface area (Å²) in [5.41, 5.74) is 8.77. The predicted molar refractivity (Wildman–Crippen MR) is 85.1 cm³/mol. The lowest BCUT2D eigenvalue weighted by Gasteiger charge is -2.23. The van der Waals surface area contributed by atoms with Crippen molar-refractivity contribution >= 4 is 23.0 Å². The van der Waals surface area contributed by atoms with E-state index in [0.29, 0.717) is 5.02 Å². The van der Waals surface area contributed by atoms with Gasteiger partial charge in [0.05, 0.1) is 23.5 Å². The molecule has 2 aromatic carbocycles. The number of benzene rings is 2. The topological polar surface area (TPSA) is 38.5 Å². The number of hydrogen-bond donors (Lipinski definition) is 1. The summed E-state index contributed by atoms with van der Waals surface area (Å²) in [6, 6.07) is 13.7. The van der Waals surface area contributed by atoms with E-state index in [4.69, 9.17) is 22.1 Å². The second kappa shape index (κ2) is 6.16. The Bertz CT molecular complexity index is 599. The number of hydrogen-bond acceptors (Lipinski definition) is 3. The van der Waals surface area contributed by atoms with Crippen molar-refractivity contribution in [3.63, 3.8) is 0 Å². The van der Waals surface area contributed by atoms with Crippen molar-refractivity contribution in [2.24, 2.45) is 5.73 Å². The van der Waals surface area contributed by atoms with Crippen LogP contribution < -0.4 is 15.4 Å². The fraction of sp³-hybridized carbons (Fsp3) is 0.250. The maximum atomic E-state index is 6.38. The highest BCUT2D eigenvalue weighted by Crippen LogP contribution is 2.36. The van der Waals surface area contributed by atoms with Gasteiger partial charge in [0, 0.05) is 13.1 Å². The Morgan fingerprint density at radius 2 is 1.85 bits per heavy atom. The van der Waals surface area contributed by atoms with Crippen molar-refractivity contribution < 1.29 is 4.74 Å². The first-order chi connectivity index (χ1) is 9.54. The van der Waals surface area contributed by atoms with Crippen molar-refractivity contribution in [1.82, 2.24) is 0 Å².